The van der Waals surface area contributed by atoms with Gasteiger partial charge in [0.25, 0.3) is 5.91 Å². The molecule has 3 rings (SSSR count). The van der Waals surface area contributed by atoms with Crippen molar-refractivity contribution >= 4 is 11.6 Å². The molecule has 2 aromatic carbocycles. The normalized spacial score (nSPS) is 17.0. The van der Waals surface area contributed by atoms with Crippen molar-refractivity contribution in [1.29, 1.82) is 0 Å². The Morgan fingerprint density at radius 3 is 2.55 bits per heavy atom. The average Bonchev–Trinajstić information content (AvgIpc) is 2.73. The van der Waals surface area contributed by atoms with Gasteiger partial charge in [-0.2, -0.15) is 0 Å². The number of fused-ring (bicyclic) bond motifs is 1. The first kappa shape index (κ1) is 21.0. The molecule has 5 nitrogen and oxygen atoms in total. The van der Waals surface area contributed by atoms with E-state index in [9.17, 15) is 4.79 Å². The summed E-state index contributed by atoms with van der Waals surface area (Å²) in [6.45, 7) is 9.19. The second-order valence-corrected chi connectivity index (χ2v) is 8.00. The zero-order chi connectivity index (χ0) is 21.0. The maximum atomic E-state index is 13.3. The van der Waals surface area contributed by atoms with Crippen LogP contribution in [0.5, 0.6) is 11.5 Å². The van der Waals surface area contributed by atoms with Crippen LogP contribution in [0.1, 0.15) is 62.6 Å². The van der Waals surface area contributed by atoms with Crippen molar-refractivity contribution < 1.29 is 14.3 Å². The number of anilines is 1. The van der Waals surface area contributed by atoms with Crippen molar-refractivity contribution in [1.82, 2.24) is 4.90 Å². The molecule has 156 valence electrons. The topological polar surface area (TPSA) is 50.8 Å². The molecular weight excluding hydrogens is 364 g/mol. The highest BCUT2D eigenvalue weighted by Gasteiger charge is 2.35. The van der Waals surface area contributed by atoms with E-state index >= 15 is 0 Å². The highest BCUT2D eigenvalue weighted by Crippen LogP contribution is 2.38. The summed E-state index contributed by atoms with van der Waals surface area (Å²) >= 11 is 0. The third-order valence-electron chi connectivity index (χ3n) is 5.48. The highest BCUT2D eigenvalue weighted by atomic mass is 16.5. The number of benzene rings is 2. The van der Waals surface area contributed by atoms with Gasteiger partial charge in [-0.15, -0.1) is 0 Å². The van der Waals surface area contributed by atoms with Crippen LogP contribution in [0.25, 0.3) is 0 Å². The third kappa shape index (κ3) is 4.50. The number of hydrogen-bond acceptors (Lipinski definition) is 4. The molecule has 0 fully saturated rings. The lowest BCUT2D eigenvalue weighted by Gasteiger charge is -2.41. The zero-order valence-corrected chi connectivity index (χ0v) is 18.1. The van der Waals surface area contributed by atoms with E-state index < -0.39 is 0 Å². The van der Waals surface area contributed by atoms with Crippen LogP contribution in [0, 0.1) is 5.92 Å². The van der Waals surface area contributed by atoms with Gasteiger partial charge in [0, 0.05) is 11.7 Å². The van der Waals surface area contributed by atoms with E-state index in [1.54, 1.807) is 7.11 Å². The number of methoxy groups -OCH3 is 1. The van der Waals surface area contributed by atoms with Crippen LogP contribution in [0.15, 0.2) is 42.5 Å². The first-order valence-electron chi connectivity index (χ1n) is 10.4. The van der Waals surface area contributed by atoms with Crippen LogP contribution in [0.4, 0.5) is 5.69 Å². The fourth-order valence-electron chi connectivity index (χ4n) is 3.54. The molecule has 0 spiro atoms. The lowest BCUT2D eigenvalue weighted by atomic mass is 10.0. The number of carbonyl (C=O) groups is 1. The van der Waals surface area contributed by atoms with Gasteiger partial charge in [0.1, 0.15) is 6.17 Å². The molecule has 29 heavy (non-hydrogen) atoms. The second kappa shape index (κ2) is 9.21. The summed E-state index contributed by atoms with van der Waals surface area (Å²) < 4.78 is 11.5. The molecule has 0 saturated carbocycles. The number of para-hydroxylation sites is 1. The van der Waals surface area contributed by atoms with Gasteiger partial charge in [-0.1, -0.05) is 39.0 Å². The molecule has 1 aliphatic rings. The summed E-state index contributed by atoms with van der Waals surface area (Å²) in [5.74, 6) is 2.05. The van der Waals surface area contributed by atoms with Crippen LogP contribution in [0.3, 0.4) is 0 Å². The molecule has 0 saturated heterocycles. The molecule has 0 radical (unpaired) electrons. The minimum absolute atomic E-state index is 0.0509. The smallest absolute Gasteiger partial charge is 0.258 e. The van der Waals surface area contributed by atoms with E-state index in [0.717, 1.165) is 29.8 Å². The predicted molar refractivity (Wildman–Crippen MR) is 117 cm³/mol. The number of carbonyl (C=O) groups excluding carboxylic acids is 1. The first-order valence-corrected chi connectivity index (χ1v) is 10.4. The lowest BCUT2D eigenvalue weighted by Crippen LogP contribution is -2.47. The minimum atomic E-state index is -0.258. The van der Waals surface area contributed by atoms with Gasteiger partial charge < -0.3 is 19.7 Å². The zero-order valence-electron chi connectivity index (χ0n) is 18.1. The standard InChI is InChI=1S/C24H32N2O3/c1-6-17(4)26-23(25-20-10-8-7-9-19(20)24(26)27)18-11-12-21(22(15-18)28-5)29-14-13-16(2)3/h7-12,15-17,23,25H,6,13-14H2,1-5H3. The molecule has 0 aliphatic carbocycles. The average molecular weight is 397 g/mol. The molecule has 2 atom stereocenters. The summed E-state index contributed by atoms with van der Waals surface area (Å²) in [5.41, 5.74) is 2.55. The lowest BCUT2D eigenvalue weighted by molar-refractivity contribution is 0.0593. The van der Waals surface area contributed by atoms with Gasteiger partial charge in [0.05, 0.1) is 19.3 Å². The van der Waals surface area contributed by atoms with Crippen molar-refractivity contribution in [3.05, 3.63) is 53.6 Å². The Balaban J connectivity index is 1.93. The van der Waals surface area contributed by atoms with Crippen molar-refractivity contribution in [2.24, 2.45) is 5.92 Å². The van der Waals surface area contributed by atoms with Crippen LogP contribution in [-0.2, 0) is 0 Å². The Morgan fingerprint density at radius 1 is 1.10 bits per heavy atom. The van der Waals surface area contributed by atoms with Gasteiger partial charge in [-0.25, -0.2) is 0 Å². The number of rotatable bonds is 8. The molecule has 2 aromatic rings. The van der Waals surface area contributed by atoms with E-state index in [1.165, 1.54) is 0 Å². The molecule has 1 N–H and O–H groups in total. The molecule has 1 aliphatic heterocycles. The Morgan fingerprint density at radius 2 is 1.86 bits per heavy atom. The second-order valence-electron chi connectivity index (χ2n) is 8.00. The van der Waals surface area contributed by atoms with Crippen LogP contribution < -0.4 is 14.8 Å². The van der Waals surface area contributed by atoms with Crippen LogP contribution >= 0.6 is 0 Å². The fourth-order valence-corrected chi connectivity index (χ4v) is 3.54. The molecule has 0 bridgehead atoms. The molecule has 0 aromatic heterocycles. The highest BCUT2D eigenvalue weighted by molar-refractivity contribution is 6.01. The number of hydrogen-bond donors (Lipinski definition) is 1. The van der Waals surface area contributed by atoms with Crippen molar-refractivity contribution in [2.75, 3.05) is 19.0 Å². The largest absolute Gasteiger partial charge is 0.493 e. The van der Waals surface area contributed by atoms with E-state index in [0.29, 0.717) is 23.8 Å². The monoisotopic (exact) mass is 396 g/mol. The Kier molecular flexibility index (Phi) is 6.68. The molecule has 2 unspecified atom stereocenters. The van der Waals surface area contributed by atoms with Gasteiger partial charge in [-0.3, -0.25) is 4.79 Å². The van der Waals surface area contributed by atoms with Gasteiger partial charge in [0.2, 0.25) is 0 Å². The van der Waals surface area contributed by atoms with Crippen molar-refractivity contribution in [3.63, 3.8) is 0 Å². The summed E-state index contributed by atoms with van der Waals surface area (Å²) in [6.07, 6.45) is 1.60. The number of nitrogens with zero attached hydrogens (tertiary/aromatic N) is 1. The summed E-state index contributed by atoms with van der Waals surface area (Å²) in [5, 5.41) is 3.55. The van der Waals surface area contributed by atoms with Crippen LogP contribution in [-0.4, -0.2) is 30.6 Å². The molecule has 5 heteroatoms. The SMILES string of the molecule is CCC(C)N1C(=O)c2ccccc2NC1c1ccc(OCCC(C)C)c(OC)c1. The van der Waals surface area contributed by atoms with Gasteiger partial charge >= 0.3 is 0 Å². The summed E-state index contributed by atoms with van der Waals surface area (Å²) in [6, 6.07) is 13.7. The predicted octanol–water partition coefficient (Wildman–Crippen LogP) is 5.49. The van der Waals surface area contributed by atoms with Gasteiger partial charge in [0.15, 0.2) is 11.5 Å². The Labute approximate surface area is 174 Å². The molecule has 1 heterocycles. The van der Waals surface area contributed by atoms with E-state index in [4.69, 9.17) is 9.47 Å². The summed E-state index contributed by atoms with van der Waals surface area (Å²) in [7, 11) is 1.65. The Bertz CT molecular complexity index is 850. The minimum Gasteiger partial charge on any atom is -0.493 e. The van der Waals surface area contributed by atoms with Gasteiger partial charge in [-0.05, 0) is 55.5 Å². The maximum absolute atomic E-state index is 13.3. The van der Waals surface area contributed by atoms with E-state index in [1.807, 2.05) is 47.4 Å². The Hall–Kier alpha value is -2.69. The van der Waals surface area contributed by atoms with Crippen LogP contribution in [0.2, 0.25) is 0 Å². The fraction of sp³-hybridized carbons (Fsp3) is 0.458. The summed E-state index contributed by atoms with van der Waals surface area (Å²) in [4.78, 5) is 15.2. The third-order valence-corrected chi connectivity index (χ3v) is 5.48. The molecule has 1 amide bonds. The van der Waals surface area contributed by atoms with Crippen molar-refractivity contribution in [2.45, 2.75) is 52.7 Å². The molecular formula is C24H32N2O3. The van der Waals surface area contributed by atoms with E-state index in [2.05, 4.69) is 33.0 Å². The maximum Gasteiger partial charge on any atom is 0.258 e. The van der Waals surface area contributed by atoms with Crippen molar-refractivity contribution in [3.8, 4) is 11.5 Å². The first-order chi connectivity index (χ1) is 14.0. The number of amides is 1. The quantitative estimate of drug-likeness (QED) is 0.641. The van der Waals surface area contributed by atoms with E-state index in [-0.39, 0.29) is 18.1 Å². The number of nitrogens with one attached hydrogen (secondary N) is 1. The number of ether oxygens (including phenoxy) is 2.